The molecule has 2 unspecified atom stereocenters. The number of ether oxygens (including phenoxy) is 1. The molecule has 1 fully saturated rings. The predicted octanol–water partition coefficient (Wildman–Crippen LogP) is 0.461. The van der Waals surface area contributed by atoms with Crippen LogP contribution < -0.4 is 5.73 Å². The van der Waals surface area contributed by atoms with Gasteiger partial charge in [-0.25, -0.2) is 0 Å². The predicted molar refractivity (Wildman–Crippen MR) is 48.3 cm³/mol. The van der Waals surface area contributed by atoms with Gasteiger partial charge in [-0.05, 0) is 5.92 Å². The van der Waals surface area contributed by atoms with Gasteiger partial charge in [0.1, 0.15) is 0 Å². The second kappa shape index (κ2) is 3.64. The summed E-state index contributed by atoms with van der Waals surface area (Å²) in [6, 6.07) is 0. The van der Waals surface area contributed by atoms with Crippen LogP contribution in [0.15, 0.2) is 0 Å². The summed E-state index contributed by atoms with van der Waals surface area (Å²) in [6.07, 6.45) is -0.00412. The third-order valence-corrected chi connectivity index (χ3v) is 2.69. The van der Waals surface area contributed by atoms with Gasteiger partial charge >= 0.3 is 5.97 Å². The number of carboxylic acids is 1. The Balaban J connectivity index is 2.69. The molecule has 0 aromatic rings. The van der Waals surface area contributed by atoms with E-state index in [1.807, 2.05) is 13.8 Å². The SMILES string of the molecule is CC(C)C1COCC1(N)CC(=O)O. The van der Waals surface area contributed by atoms with E-state index in [0.29, 0.717) is 19.1 Å². The minimum Gasteiger partial charge on any atom is -0.481 e. The van der Waals surface area contributed by atoms with Crippen molar-refractivity contribution in [1.82, 2.24) is 0 Å². The number of rotatable bonds is 3. The zero-order chi connectivity index (χ0) is 10.1. The highest BCUT2D eigenvalue weighted by Crippen LogP contribution is 2.31. The van der Waals surface area contributed by atoms with E-state index in [0.717, 1.165) is 0 Å². The standard InChI is InChI=1S/C9H17NO3/c1-6(2)7-4-13-5-9(7,10)3-8(11)12/h6-7H,3-5,10H2,1-2H3,(H,11,12). The van der Waals surface area contributed by atoms with Crippen LogP contribution in [0.1, 0.15) is 20.3 Å². The van der Waals surface area contributed by atoms with E-state index in [4.69, 9.17) is 15.6 Å². The first-order valence-corrected chi connectivity index (χ1v) is 4.54. The first-order valence-electron chi connectivity index (χ1n) is 4.54. The van der Waals surface area contributed by atoms with E-state index in [-0.39, 0.29) is 12.3 Å². The molecular weight excluding hydrogens is 170 g/mol. The molecule has 0 bridgehead atoms. The van der Waals surface area contributed by atoms with Crippen LogP contribution >= 0.6 is 0 Å². The van der Waals surface area contributed by atoms with Crippen molar-refractivity contribution in [1.29, 1.82) is 0 Å². The molecule has 1 saturated heterocycles. The number of hydrogen-bond acceptors (Lipinski definition) is 3. The van der Waals surface area contributed by atoms with E-state index in [9.17, 15) is 4.79 Å². The highest BCUT2D eigenvalue weighted by molar-refractivity contribution is 5.68. The number of hydrogen-bond donors (Lipinski definition) is 2. The van der Waals surface area contributed by atoms with Crippen molar-refractivity contribution in [3.05, 3.63) is 0 Å². The first-order chi connectivity index (χ1) is 5.96. The van der Waals surface area contributed by atoms with Crippen LogP contribution in [0.5, 0.6) is 0 Å². The Morgan fingerprint density at radius 2 is 2.38 bits per heavy atom. The van der Waals surface area contributed by atoms with Crippen LogP contribution in [-0.4, -0.2) is 29.8 Å². The second-order valence-electron chi connectivity index (χ2n) is 4.17. The van der Waals surface area contributed by atoms with Crippen LogP contribution in [0, 0.1) is 11.8 Å². The minimum atomic E-state index is -0.848. The van der Waals surface area contributed by atoms with Crippen molar-refractivity contribution in [2.24, 2.45) is 17.6 Å². The summed E-state index contributed by atoms with van der Waals surface area (Å²) in [4.78, 5) is 10.6. The van der Waals surface area contributed by atoms with Crippen molar-refractivity contribution in [3.63, 3.8) is 0 Å². The average Bonchev–Trinajstić information content (AvgIpc) is 2.28. The number of nitrogens with two attached hydrogens (primary N) is 1. The maximum atomic E-state index is 10.6. The summed E-state index contributed by atoms with van der Waals surface area (Å²) >= 11 is 0. The summed E-state index contributed by atoms with van der Waals surface area (Å²) in [5, 5.41) is 8.70. The van der Waals surface area contributed by atoms with Crippen molar-refractivity contribution >= 4 is 5.97 Å². The molecule has 1 aliphatic rings. The molecule has 1 rings (SSSR count). The van der Waals surface area contributed by atoms with E-state index >= 15 is 0 Å². The van der Waals surface area contributed by atoms with Crippen LogP contribution in [0.25, 0.3) is 0 Å². The van der Waals surface area contributed by atoms with Gasteiger partial charge in [-0.15, -0.1) is 0 Å². The molecule has 0 aliphatic carbocycles. The van der Waals surface area contributed by atoms with Crippen molar-refractivity contribution in [2.45, 2.75) is 25.8 Å². The molecule has 0 amide bonds. The zero-order valence-electron chi connectivity index (χ0n) is 8.12. The topological polar surface area (TPSA) is 72.5 Å². The molecule has 1 aliphatic heterocycles. The second-order valence-corrected chi connectivity index (χ2v) is 4.17. The third-order valence-electron chi connectivity index (χ3n) is 2.69. The molecule has 0 aromatic heterocycles. The lowest BCUT2D eigenvalue weighted by atomic mass is 9.78. The fourth-order valence-corrected chi connectivity index (χ4v) is 1.97. The molecule has 2 atom stereocenters. The highest BCUT2D eigenvalue weighted by Gasteiger charge is 2.43. The Labute approximate surface area is 78.1 Å². The molecule has 1 heterocycles. The third kappa shape index (κ3) is 2.19. The van der Waals surface area contributed by atoms with Crippen LogP contribution in [0.2, 0.25) is 0 Å². The van der Waals surface area contributed by atoms with Crippen LogP contribution in [0.3, 0.4) is 0 Å². The molecule has 0 spiro atoms. The fourth-order valence-electron chi connectivity index (χ4n) is 1.97. The van der Waals surface area contributed by atoms with Gasteiger partial charge in [-0.1, -0.05) is 13.8 Å². The smallest absolute Gasteiger partial charge is 0.305 e. The average molecular weight is 187 g/mol. The van der Waals surface area contributed by atoms with E-state index in [1.54, 1.807) is 0 Å². The van der Waals surface area contributed by atoms with Crippen molar-refractivity contribution in [2.75, 3.05) is 13.2 Å². The summed E-state index contributed by atoms with van der Waals surface area (Å²) in [7, 11) is 0. The van der Waals surface area contributed by atoms with Gasteiger partial charge in [-0.2, -0.15) is 0 Å². The van der Waals surface area contributed by atoms with Gasteiger partial charge in [0.15, 0.2) is 0 Å². The Hall–Kier alpha value is -0.610. The minimum absolute atomic E-state index is 0.00412. The lowest BCUT2D eigenvalue weighted by Gasteiger charge is -2.30. The van der Waals surface area contributed by atoms with E-state index in [2.05, 4.69) is 0 Å². The van der Waals surface area contributed by atoms with Crippen LogP contribution in [0.4, 0.5) is 0 Å². The van der Waals surface area contributed by atoms with Gasteiger partial charge < -0.3 is 15.6 Å². The highest BCUT2D eigenvalue weighted by atomic mass is 16.5. The Kier molecular flexibility index (Phi) is 2.93. The monoisotopic (exact) mass is 187 g/mol. The Morgan fingerprint density at radius 1 is 1.77 bits per heavy atom. The summed E-state index contributed by atoms with van der Waals surface area (Å²) in [6.45, 7) is 5.04. The van der Waals surface area contributed by atoms with Gasteiger partial charge in [0.2, 0.25) is 0 Å². The molecule has 3 N–H and O–H groups in total. The summed E-state index contributed by atoms with van der Waals surface area (Å²) < 4.78 is 5.25. The molecule has 0 radical (unpaired) electrons. The lowest BCUT2D eigenvalue weighted by Crippen LogP contribution is -2.50. The molecule has 4 heteroatoms. The van der Waals surface area contributed by atoms with Gasteiger partial charge in [0, 0.05) is 5.92 Å². The lowest BCUT2D eigenvalue weighted by molar-refractivity contribution is -0.138. The van der Waals surface area contributed by atoms with Gasteiger partial charge in [-0.3, -0.25) is 4.79 Å². The molecule has 0 saturated carbocycles. The van der Waals surface area contributed by atoms with E-state index < -0.39 is 11.5 Å². The Morgan fingerprint density at radius 3 is 2.85 bits per heavy atom. The van der Waals surface area contributed by atoms with Crippen molar-refractivity contribution < 1.29 is 14.6 Å². The quantitative estimate of drug-likeness (QED) is 0.673. The summed E-state index contributed by atoms with van der Waals surface area (Å²) in [5.74, 6) is -0.325. The van der Waals surface area contributed by atoms with E-state index in [1.165, 1.54) is 0 Å². The maximum Gasteiger partial charge on any atom is 0.305 e. The first kappa shape index (κ1) is 10.5. The summed E-state index contributed by atoms with van der Waals surface area (Å²) in [5.41, 5.74) is 5.33. The molecule has 4 nitrogen and oxygen atoms in total. The maximum absolute atomic E-state index is 10.6. The largest absolute Gasteiger partial charge is 0.481 e. The fraction of sp³-hybridized carbons (Fsp3) is 0.889. The van der Waals surface area contributed by atoms with Crippen molar-refractivity contribution in [3.8, 4) is 0 Å². The molecular formula is C9H17NO3. The number of aliphatic carboxylic acids is 1. The molecule has 0 aromatic carbocycles. The molecule has 13 heavy (non-hydrogen) atoms. The zero-order valence-corrected chi connectivity index (χ0v) is 8.12. The number of carboxylic acid groups (broad SMARTS) is 1. The van der Waals surface area contributed by atoms with Gasteiger partial charge in [0.05, 0.1) is 25.2 Å². The normalized spacial score (nSPS) is 34.0. The van der Waals surface area contributed by atoms with Gasteiger partial charge in [0.25, 0.3) is 0 Å². The number of carbonyl (C=O) groups is 1. The Bertz CT molecular complexity index is 205. The van der Waals surface area contributed by atoms with Crippen LogP contribution in [-0.2, 0) is 9.53 Å². The molecule has 76 valence electrons.